The first-order valence-electron chi connectivity index (χ1n) is 10.7. The van der Waals surface area contributed by atoms with Gasteiger partial charge in [0.1, 0.15) is 6.04 Å². The molecular formula is C25H22BrClN2O5S. The summed E-state index contributed by atoms with van der Waals surface area (Å²) >= 11 is 11.2. The van der Waals surface area contributed by atoms with Crippen LogP contribution >= 0.6 is 38.9 Å². The number of benzene rings is 2. The molecule has 1 aromatic heterocycles. The van der Waals surface area contributed by atoms with Crippen LogP contribution in [-0.2, 0) is 9.53 Å². The first-order chi connectivity index (χ1) is 16.8. The van der Waals surface area contributed by atoms with Gasteiger partial charge >= 0.3 is 5.97 Å². The van der Waals surface area contributed by atoms with Crippen molar-refractivity contribution in [2.75, 3.05) is 20.8 Å². The van der Waals surface area contributed by atoms with Gasteiger partial charge in [-0.05, 0) is 65.2 Å². The Kier molecular flexibility index (Phi) is 7.49. The van der Waals surface area contributed by atoms with Gasteiger partial charge in [-0.15, -0.1) is 0 Å². The van der Waals surface area contributed by atoms with Gasteiger partial charge in [-0.2, -0.15) is 0 Å². The second kappa shape index (κ2) is 10.4. The molecule has 4 rings (SSSR count). The number of allylic oxidation sites excluding steroid dienone is 1. The van der Waals surface area contributed by atoms with Crippen LogP contribution in [0.1, 0.15) is 31.0 Å². The second-order valence-electron chi connectivity index (χ2n) is 7.56. The van der Waals surface area contributed by atoms with E-state index in [2.05, 4.69) is 20.9 Å². The third-order valence-corrected chi connectivity index (χ3v) is 7.39. The van der Waals surface area contributed by atoms with E-state index in [1.165, 1.54) is 15.9 Å². The lowest BCUT2D eigenvalue weighted by Gasteiger charge is -2.25. The summed E-state index contributed by atoms with van der Waals surface area (Å²) in [6, 6.07) is 9.99. The van der Waals surface area contributed by atoms with E-state index in [-0.39, 0.29) is 17.7 Å². The highest BCUT2D eigenvalue weighted by Crippen LogP contribution is 2.37. The first kappa shape index (κ1) is 25.2. The molecule has 0 unspecified atom stereocenters. The summed E-state index contributed by atoms with van der Waals surface area (Å²) in [4.78, 5) is 31.7. The van der Waals surface area contributed by atoms with Crippen molar-refractivity contribution in [1.29, 1.82) is 0 Å². The molecule has 7 nitrogen and oxygen atoms in total. The molecule has 0 aliphatic carbocycles. The topological polar surface area (TPSA) is 79.1 Å². The number of methoxy groups -OCH3 is 2. The maximum Gasteiger partial charge on any atom is 0.338 e. The Bertz CT molecular complexity index is 1530. The van der Waals surface area contributed by atoms with Crippen LogP contribution in [0.25, 0.3) is 6.08 Å². The molecule has 2 aromatic carbocycles. The molecule has 0 radical (unpaired) electrons. The van der Waals surface area contributed by atoms with Crippen LogP contribution in [0.2, 0.25) is 5.02 Å². The van der Waals surface area contributed by atoms with Gasteiger partial charge in [0, 0.05) is 5.02 Å². The number of hydrogen-bond donors (Lipinski definition) is 0. The highest BCUT2D eigenvalue weighted by atomic mass is 79.9. The lowest BCUT2D eigenvalue weighted by molar-refractivity contribution is -0.139. The third kappa shape index (κ3) is 4.68. The molecular weight excluding hydrogens is 556 g/mol. The SMILES string of the molecule is CCOC(=O)C1=C(C)N=c2s/c(=C\c3cc(Br)c(OC)c(OC)c3)c(=O)n2[C@@H]1c1ccccc1Cl. The molecule has 2 heterocycles. The molecule has 0 saturated carbocycles. The van der Waals surface area contributed by atoms with E-state index in [1.54, 1.807) is 58.4 Å². The van der Waals surface area contributed by atoms with Gasteiger partial charge in [-0.1, -0.05) is 41.1 Å². The Hall–Kier alpha value is -2.88. The summed E-state index contributed by atoms with van der Waals surface area (Å²) in [5, 5.41) is 0.437. The molecule has 1 atom stereocenters. The highest BCUT2D eigenvalue weighted by Gasteiger charge is 2.34. The Morgan fingerprint density at radius 2 is 2.00 bits per heavy atom. The minimum atomic E-state index is -0.765. The first-order valence-corrected chi connectivity index (χ1v) is 12.6. The number of ether oxygens (including phenoxy) is 3. The van der Waals surface area contributed by atoms with Crippen LogP contribution in [0.15, 0.2) is 61.9 Å². The van der Waals surface area contributed by atoms with E-state index in [0.29, 0.717) is 41.6 Å². The number of aromatic nitrogens is 1. The minimum absolute atomic E-state index is 0.198. The number of thiazole rings is 1. The lowest BCUT2D eigenvalue weighted by atomic mass is 9.96. The molecule has 35 heavy (non-hydrogen) atoms. The maximum atomic E-state index is 13.7. The fourth-order valence-corrected chi connectivity index (χ4v) is 5.86. The van der Waals surface area contributed by atoms with Gasteiger partial charge in [0.2, 0.25) is 0 Å². The monoisotopic (exact) mass is 576 g/mol. The quantitative estimate of drug-likeness (QED) is 0.410. The predicted octanol–water partition coefficient (Wildman–Crippen LogP) is 4.23. The van der Waals surface area contributed by atoms with E-state index in [1.807, 2.05) is 12.1 Å². The third-order valence-electron chi connectivity index (χ3n) is 5.47. The molecule has 0 amide bonds. The van der Waals surface area contributed by atoms with Crippen LogP contribution in [0.3, 0.4) is 0 Å². The van der Waals surface area contributed by atoms with Crippen molar-refractivity contribution in [1.82, 2.24) is 4.57 Å². The summed E-state index contributed by atoms with van der Waals surface area (Å²) in [7, 11) is 3.10. The molecule has 0 N–H and O–H groups in total. The lowest BCUT2D eigenvalue weighted by Crippen LogP contribution is -2.40. The van der Waals surface area contributed by atoms with Crippen molar-refractivity contribution < 1.29 is 19.0 Å². The maximum absolute atomic E-state index is 13.7. The van der Waals surface area contributed by atoms with Crippen LogP contribution in [0.4, 0.5) is 0 Å². The molecule has 0 saturated heterocycles. The van der Waals surface area contributed by atoms with E-state index < -0.39 is 12.0 Å². The van der Waals surface area contributed by atoms with Gasteiger partial charge in [-0.3, -0.25) is 9.36 Å². The minimum Gasteiger partial charge on any atom is -0.493 e. The summed E-state index contributed by atoms with van der Waals surface area (Å²) < 4.78 is 18.8. The normalized spacial score (nSPS) is 15.5. The molecule has 0 bridgehead atoms. The molecule has 182 valence electrons. The zero-order valence-electron chi connectivity index (χ0n) is 19.4. The van der Waals surface area contributed by atoms with E-state index in [0.717, 1.165) is 5.56 Å². The van der Waals surface area contributed by atoms with Gasteiger partial charge in [0.25, 0.3) is 5.56 Å². The number of carbonyl (C=O) groups excluding carboxylic acids is 1. The highest BCUT2D eigenvalue weighted by molar-refractivity contribution is 9.10. The zero-order valence-corrected chi connectivity index (χ0v) is 22.6. The Balaban J connectivity index is 1.96. The van der Waals surface area contributed by atoms with E-state index in [4.69, 9.17) is 25.8 Å². The van der Waals surface area contributed by atoms with Gasteiger partial charge in [0.15, 0.2) is 16.3 Å². The van der Waals surface area contributed by atoms with Crippen molar-refractivity contribution in [3.8, 4) is 11.5 Å². The van der Waals surface area contributed by atoms with Gasteiger partial charge in [0.05, 0.1) is 41.1 Å². The predicted molar refractivity (Wildman–Crippen MR) is 139 cm³/mol. The van der Waals surface area contributed by atoms with Crippen LogP contribution in [0, 0.1) is 0 Å². The Morgan fingerprint density at radius 1 is 1.26 bits per heavy atom. The van der Waals surface area contributed by atoms with Gasteiger partial charge in [-0.25, -0.2) is 9.79 Å². The molecule has 1 aliphatic heterocycles. The summed E-state index contributed by atoms with van der Waals surface area (Å²) in [6.07, 6.45) is 1.75. The summed E-state index contributed by atoms with van der Waals surface area (Å²) in [5.41, 5.74) is 1.82. The molecule has 10 heteroatoms. The average Bonchev–Trinajstić information content (AvgIpc) is 3.12. The van der Waals surface area contributed by atoms with Crippen molar-refractivity contribution >= 4 is 50.9 Å². The van der Waals surface area contributed by atoms with Crippen molar-refractivity contribution in [3.63, 3.8) is 0 Å². The number of nitrogens with zero attached hydrogens (tertiary/aromatic N) is 2. The molecule has 0 spiro atoms. The number of carbonyl (C=O) groups is 1. The number of rotatable bonds is 6. The summed E-state index contributed by atoms with van der Waals surface area (Å²) in [5.74, 6) is 0.548. The number of halogens is 2. The Labute approximate surface area is 219 Å². The number of hydrogen-bond acceptors (Lipinski definition) is 7. The molecule has 0 fully saturated rings. The summed E-state index contributed by atoms with van der Waals surface area (Å²) in [6.45, 7) is 3.66. The van der Waals surface area contributed by atoms with Crippen molar-refractivity contribution in [2.24, 2.45) is 4.99 Å². The Morgan fingerprint density at radius 3 is 2.66 bits per heavy atom. The average molecular weight is 578 g/mol. The fourth-order valence-electron chi connectivity index (χ4n) is 3.96. The zero-order chi connectivity index (χ0) is 25.3. The van der Waals surface area contributed by atoms with E-state index in [9.17, 15) is 9.59 Å². The van der Waals surface area contributed by atoms with Crippen molar-refractivity contribution in [2.45, 2.75) is 19.9 Å². The molecule has 1 aliphatic rings. The number of fused-ring (bicyclic) bond motifs is 1. The second-order valence-corrected chi connectivity index (χ2v) is 9.83. The number of esters is 1. The fraction of sp³-hybridized carbons (Fsp3) is 0.240. The largest absolute Gasteiger partial charge is 0.493 e. The van der Waals surface area contributed by atoms with Gasteiger partial charge < -0.3 is 14.2 Å². The molecule has 3 aromatic rings. The van der Waals surface area contributed by atoms with Crippen molar-refractivity contribution in [3.05, 3.63) is 88.0 Å². The van der Waals surface area contributed by atoms with Crippen LogP contribution < -0.4 is 24.4 Å². The van der Waals surface area contributed by atoms with Crippen LogP contribution in [-0.4, -0.2) is 31.4 Å². The van der Waals surface area contributed by atoms with E-state index >= 15 is 0 Å². The van der Waals surface area contributed by atoms with Crippen LogP contribution in [0.5, 0.6) is 11.5 Å². The standard InChI is InChI=1S/C25H22BrClN2O5S/c1-5-34-24(31)20-13(2)28-25-29(21(20)15-8-6-7-9-17(15)27)23(30)19(35-25)12-14-10-16(26)22(33-4)18(11-14)32-3/h6-12,21H,5H2,1-4H3/b19-12-/t21-/m1/s1. The smallest absolute Gasteiger partial charge is 0.338 e.